The van der Waals surface area contributed by atoms with Gasteiger partial charge in [0.25, 0.3) is 0 Å². The third-order valence-electron chi connectivity index (χ3n) is 3.22. The Morgan fingerprint density at radius 3 is 2.70 bits per heavy atom. The zero-order valence-electron chi connectivity index (χ0n) is 10.9. The largest absolute Gasteiger partial charge is 0.311 e. The van der Waals surface area contributed by atoms with E-state index in [1.54, 1.807) is 17.0 Å². The Morgan fingerprint density at radius 2 is 2.05 bits per heavy atom. The summed E-state index contributed by atoms with van der Waals surface area (Å²) >= 11 is 3.29. The topological polar surface area (TPSA) is 37.4 Å². The van der Waals surface area contributed by atoms with Gasteiger partial charge in [-0.15, -0.1) is 0 Å². The Hall–Kier alpha value is -1.49. The molecule has 1 aliphatic rings. The molecular formula is C15H15BrFNO2. The second kappa shape index (κ2) is 6.79. The van der Waals surface area contributed by atoms with Crippen LogP contribution in [0.4, 0.5) is 4.39 Å². The minimum Gasteiger partial charge on any atom is -0.311 e. The lowest BCUT2D eigenvalue weighted by atomic mass is 9.97. The van der Waals surface area contributed by atoms with Crippen molar-refractivity contribution in [1.29, 1.82) is 0 Å². The summed E-state index contributed by atoms with van der Waals surface area (Å²) in [6.45, 7) is 0. The van der Waals surface area contributed by atoms with Crippen molar-refractivity contribution in [3.05, 3.63) is 47.9 Å². The van der Waals surface area contributed by atoms with Crippen molar-refractivity contribution in [2.24, 2.45) is 0 Å². The molecule has 0 radical (unpaired) electrons. The summed E-state index contributed by atoms with van der Waals surface area (Å²) in [7, 11) is 0. The fraction of sp³-hybridized carbons (Fsp3) is 0.333. The van der Waals surface area contributed by atoms with Crippen molar-refractivity contribution in [1.82, 2.24) is 4.90 Å². The van der Waals surface area contributed by atoms with Crippen LogP contribution in [0.5, 0.6) is 0 Å². The Kier molecular flexibility index (Phi) is 5.06. The van der Waals surface area contributed by atoms with E-state index in [1.807, 2.05) is 0 Å². The summed E-state index contributed by atoms with van der Waals surface area (Å²) in [6, 6.07) is 5.60. The molecule has 0 bridgehead atoms. The molecule has 1 unspecified atom stereocenters. The molecule has 106 valence electrons. The second-order valence-corrected chi connectivity index (χ2v) is 5.44. The molecule has 0 aromatic heterocycles. The maximum absolute atomic E-state index is 13.0. The average molecular weight is 340 g/mol. The smallest absolute Gasteiger partial charge is 0.227 e. The lowest BCUT2D eigenvalue weighted by Gasteiger charge is -2.31. The molecule has 1 aromatic carbocycles. The van der Waals surface area contributed by atoms with Gasteiger partial charge in [-0.25, -0.2) is 4.39 Å². The molecule has 1 aliphatic heterocycles. The van der Waals surface area contributed by atoms with Crippen LogP contribution in [0.2, 0.25) is 0 Å². The number of allylic oxidation sites excluding steroid dienone is 1. The van der Waals surface area contributed by atoms with Crippen LogP contribution in [0.1, 0.15) is 30.9 Å². The van der Waals surface area contributed by atoms with Gasteiger partial charge in [0.2, 0.25) is 5.91 Å². The minimum atomic E-state index is -0.337. The number of alkyl halides is 1. The van der Waals surface area contributed by atoms with E-state index in [0.717, 1.165) is 17.3 Å². The highest BCUT2D eigenvalue weighted by atomic mass is 79.9. The summed E-state index contributed by atoms with van der Waals surface area (Å²) in [5.74, 6) is -0.380. The van der Waals surface area contributed by atoms with Gasteiger partial charge in [0, 0.05) is 24.4 Å². The average Bonchev–Trinajstić information content (AvgIpc) is 2.45. The first-order valence-corrected chi connectivity index (χ1v) is 7.57. The molecule has 5 heteroatoms. The molecule has 0 spiro atoms. The first kappa shape index (κ1) is 14.9. The first-order valence-electron chi connectivity index (χ1n) is 6.45. The third kappa shape index (κ3) is 3.54. The molecule has 3 nitrogen and oxygen atoms in total. The number of hydrogen-bond acceptors (Lipinski definition) is 2. The van der Waals surface area contributed by atoms with E-state index in [2.05, 4.69) is 15.9 Å². The Balaban J connectivity index is 2.22. The zero-order valence-corrected chi connectivity index (χ0v) is 12.5. The van der Waals surface area contributed by atoms with Gasteiger partial charge < -0.3 is 4.90 Å². The van der Waals surface area contributed by atoms with Gasteiger partial charge in [-0.1, -0.05) is 28.1 Å². The Morgan fingerprint density at radius 1 is 1.35 bits per heavy atom. The van der Waals surface area contributed by atoms with Crippen LogP contribution in [0.25, 0.3) is 0 Å². The first-order chi connectivity index (χ1) is 9.61. The van der Waals surface area contributed by atoms with Gasteiger partial charge in [0.15, 0.2) is 5.78 Å². The summed E-state index contributed by atoms with van der Waals surface area (Å²) in [4.78, 5) is 25.4. The maximum atomic E-state index is 13.0. The molecule has 20 heavy (non-hydrogen) atoms. The summed E-state index contributed by atoms with van der Waals surface area (Å²) in [5, 5.41) is 0.760. The van der Waals surface area contributed by atoms with Crippen LogP contribution in [0, 0.1) is 5.82 Å². The zero-order chi connectivity index (χ0) is 14.5. The molecule has 1 aromatic rings. The van der Waals surface area contributed by atoms with E-state index in [0.29, 0.717) is 6.42 Å². The van der Waals surface area contributed by atoms with E-state index in [9.17, 15) is 14.0 Å². The van der Waals surface area contributed by atoms with Crippen molar-refractivity contribution in [2.45, 2.75) is 25.3 Å². The molecule has 2 rings (SSSR count). The predicted octanol–water partition coefficient (Wildman–Crippen LogP) is 3.36. The van der Waals surface area contributed by atoms with Gasteiger partial charge >= 0.3 is 0 Å². The van der Waals surface area contributed by atoms with E-state index >= 15 is 0 Å². The number of carbonyl (C=O) groups is 2. The fourth-order valence-electron chi connectivity index (χ4n) is 2.19. The molecule has 1 amide bonds. The number of benzene rings is 1. The fourth-order valence-corrected chi connectivity index (χ4v) is 2.47. The van der Waals surface area contributed by atoms with Gasteiger partial charge in [-0.3, -0.25) is 9.59 Å². The van der Waals surface area contributed by atoms with E-state index in [4.69, 9.17) is 0 Å². The lowest BCUT2D eigenvalue weighted by molar-refractivity contribution is -0.132. The van der Waals surface area contributed by atoms with Crippen molar-refractivity contribution >= 4 is 27.6 Å². The number of ketones is 1. The van der Waals surface area contributed by atoms with Crippen LogP contribution >= 0.6 is 15.9 Å². The number of halogens is 2. The Labute approximate surface area is 125 Å². The molecule has 1 heterocycles. The SMILES string of the molecule is O=C1C=CN(C(=O)CCCBr)C(c2ccc(F)cc2)C1. The molecule has 0 saturated carbocycles. The summed E-state index contributed by atoms with van der Waals surface area (Å²) < 4.78 is 13.0. The summed E-state index contributed by atoms with van der Waals surface area (Å²) in [6.07, 6.45) is 4.36. The van der Waals surface area contributed by atoms with Crippen LogP contribution in [0.15, 0.2) is 36.5 Å². The van der Waals surface area contributed by atoms with Crippen molar-refractivity contribution < 1.29 is 14.0 Å². The normalized spacial score (nSPS) is 18.4. The molecule has 0 fully saturated rings. The number of hydrogen-bond donors (Lipinski definition) is 0. The number of carbonyl (C=O) groups excluding carboxylic acids is 2. The van der Waals surface area contributed by atoms with Gasteiger partial charge in [-0.05, 0) is 30.2 Å². The molecule has 0 saturated heterocycles. The highest BCUT2D eigenvalue weighted by molar-refractivity contribution is 9.09. The third-order valence-corrected chi connectivity index (χ3v) is 3.78. The van der Waals surface area contributed by atoms with E-state index < -0.39 is 0 Å². The minimum absolute atomic E-state index is 0.0242. The number of amides is 1. The Bertz CT molecular complexity index is 527. The maximum Gasteiger partial charge on any atom is 0.227 e. The lowest BCUT2D eigenvalue weighted by Crippen LogP contribution is -2.34. The molecule has 1 atom stereocenters. The summed E-state index contributed by atoms with van der Waals surface area (Å²) in [5.41, 5.74) is 0.774. The quantitative estimate of drug-likeness (QED) is 0.789. The number of nitrogens with zero attached hydrogens (tertiary/aromatic N) is 1. The predicted molar refractivity (Wildman–Crippen MR) is 77.8 cm³/mol. The van der Waals surface area contributed by atoms with Crippen LogP contribution in [-0.2, 0) is 9.59 Å². The van der Waals surface area contributed by atoms with Gasteiger partial charge in [0.1, 0.15) is 5.82 Å². The monoisotopic (exact) mass is 339 g/mol. The number of rotatable bonds is 4. The molecule has 0 aliphatic carbocycles. The van der Waals surface area contributed by atoms with Crippen molar-refractivity contribution in [3.63, 3.8) is 0 Å². The van der Waals surface area contributed by atoms with Gasteiger partial charge in [0.05, 0.1) is 6.04 Å². The van der Waals surface area contributed by atoms with Gasteiger partial charge in [-0.2, -0.15) is 0 Å². The highest BCUT2D eigenvalue weighted by Gasteiger charge is 2.28. The van der Waals surface area contributed by atoms with Crippen LogP contribution in [0.3, 0.4) is 0 Å². The molecule has 0 N–H and O–H groups in total. The van der Waals surface area contributed by atoms with Crippen molar-refractivity contribution in [2.75, 3.05) is 5.33 Å². The van der Waals surface area contributed by atoms with E-state index in [1.165, 1.54) is 24.4 Å². The van der Waals surface area contributed by atoms with Crippen LogP contribution in [-0.4, -0.2) is 21.9 Å². The second-order valence-electron chi connectivity index (χ2n) is 4.65. The molecular weight excluding hydrogens is 325 g/mol. The van der Waals surface area contributed by atoms with Crippen molar-refractivity contribution in [3.8, 4) is 0 Å². The standard InChI is InChI=1S/C15H15BrFNO2/c16-8-1-2-15(20)18-9-7-13(19)10-14(18)11-3-5-12(17)6-4-11/h3-7,9,14H,1-2,8,10H2. The van der Waals surface area contributed by atoms with Crippen LogP contribution < -0.4 is 0 Å². The van der Waals surface area contributed by atoms with E-state index in [-0.39, 0.29) is 30.0 Å². The highest BCUT2D eigenvalue weighted by Crippen LogP contribution is 2.29.